The van der Waals surface area contributed by atoms with Crippen LogP contribution in [0, 0.1) is 0 Å². The SMILES string of the molecule is NC1N=CN2c3ccc(Cl)cc3Cc3ccccc3C12. The molecule has 0 spiro atoms. The van der Waals surface area contributed by atoms with Gasteiger partial charge in [-0.1, -0.05) is 35.9 Å². The van der Waals surface area contributed by atoms with Crippen LogP contribution < -0.4 is 10.6 Å². The first-order chi connectivity index (χ1) is 9.74. The van der Waals surface area contributed by atoms with E-state index in [0.29, 0.717) is 0 Å². The van der Waals surface area contributed by atoms with Gasteiger partial charge in [-0.05, 0) is 41.3 Å². The third-order valence-electron chi connectivity index (χ3n) is 4.06. The highest BCUT2D eigenvalue weighted by atomic mass is 35.5. The van der Waals surface area contributed by atoms with Crippen molar-refractivity contribution in [3.05, 3.63) is 64.2 Å². The second-order valence-electron chi connectivity index (χ2n) is 5.26. The van der Waals surface area contributed by atoms with Crippen molar-refractivity contribution in [1.82, 2.24) is 0 Å². The Morgan fingerprint density at radius 2 is 2.00 bits per heavy atom. The summed E-state index contributed by atoms with van der Waals surface area (Å²) in [6, 6.07) is 14.5. The molecule has 2 aromatic carbocycles. The minimum atomic E-state index is -0.224. The van der Waals surface area contributed by atoms with Crippen LogP contribution >= 0.6 is 11.6 Å². The highest BCUT2D eigenvalue weighted by Crippen LogP contribution is 2.40. The first-order valence-electron chi connectivity index (χ1n) is 6.67. The summed E-state index contributed by atoms with van der Waals surface area (Å²) in [5.74, 6) is 0. The lowest BCUT2D eigenvalue weighted by atomic mass is 9.96. The Hall–Kier alpha value is -1.84. The van der Waals surface area contributed by atoms with Crippen LogP contribution in [-0.4, -0.2) is 12.5 Å². The first kappa shape index (κ1) is 11.9. The van der Waals surface area contributed by atoms with Gasteiger partial charge < -0.3 is 10.6 Å². The Labute approximate surface area is 122 Å². The fourth-order valence-electron chi connectivity index (χ4n) is 3.15. The molecule has 0 bridgehead atoms. The van der Waals surface area contributed by atoms with E-state index in [1.165, 1.54) is 16.7 Å². The van der Waals surface area contributed by atoms with E-state index in [1.54, 1.807) is 0 Å². The quantitative estimate of drug-likeness (QED) is 0.807. The molecular formula is C16H14ClN3. The molecule has 4 heteroatoms. The van der Waals surface area contributed by atoms with Crippen LogP contribution in [0.3, 0.4) is 0 Å². The molecule has 0 amide bonds. The number of aliphatic imine (C=N–C) groups is 1. The number of hydrogen-bond acceptors (Lipinski definition) is 3. The van der Waals surface area contributed by atoms with Crippen molar-refractivity contribution >= 4 is 23.6 Å². The lowest BCUT2D eigenvalue weighted by Crippen LogP contribution is -2.33. The van der Waals surface area contributed by atoms with Gasteiger partial charge in [-0.25, -0.2) is 0 Å². The fraction of sp³-hybridized carbons (Fsp3) is 0.188. The summed E-state index contributed by atoms with van der Waals surface area (Å²) in [4.78, 5) is 6.56. The zero-order chi connectivity index (χ0) is 13.7. The van der Waals surface area contributed by atoms with Crippen LogP contribution in [0.15, 0.2) is 47.5 Å². The minimum absolute atomic E-state index is 0.0774. The number of hydrogen-bond donors (Lipinski definition) is 1. The van der Waals surface area contributed by atoms with Gasteiger partial charge >= 0.3 is 0 Å². The number of anilines is 1. The number of nitrogens with zero attached hydrogens (tertiary/aromatic N) is 2. The molecule has 2 aliphatic rings. The Bertz CT molecular complexity index is 711. The molecule has 20 heavy (non-hydrogen) atoms. The van der Waals surface area contributed by atoms with E-state index in [-0.39, 0.29) is 12.2 Å². The molecule has 4 rings (SSSR count). The zero-order valence-electron chi connectivity index (χ0n) is 10.8. The summed E-state index contributed by atoms with van der Waals surface area (Å²) >= 11 is 6.15. The maximum atomic E-state index is 6.20. The van der Waals surface area contributed by atoms with Crippen molar-refractivity contribution in [2.75, 3.05) is 4.90 Å². The summed E-state index contributed by atoms with van der Waals surface area (Å²) < 4.78 is 0. The summed E-state index contributed by atoms with van der Waals surface area (Å²) in [6.07, 6.45) is 2.50. The van der Waals surface area contributed by atoms with E-state index < -0.39 is 0 Å². The predicted molar refractivity (Wildman–Crippen MR) is 82.4 cm³/mol. The molecule has 100 valence electrons. The lowest BCUT2D eigenvalue weighted by Gasteiger charge is -2.26. The molecular weight excluding hydrogens is 270 g/mol. The average molecular weight is 284 g/mol. The molecule has 0 fully saturated rings. The maximum Gasteiger partial charge on any atom is 0.124 e. The van der Waals surface area contributed by atoms with E-state index in [1.807, 2.05) is 18.5 Å². The van der Waals surface area contributed by atoms with Crippen molar-refractivity contribution in [3.63, 3.8) is 0 Å². The molecule has 2 aromatic rings. The van der Waals surface area contributed by atoms with E-state index in [0.717, 1.165) is 17.1 Å². The molecule has 0 radical (unpaired) electrons. The molecule has 0 aromatic heterocycles. The summed E-state index contributed by atoms with van der Waals surface area (Å²) in [6.45, 7) is 0. The van der Waals surface area contributed by atoms with Crippen LogP contribution in [0.4, 0.5) is 5.69 Å². The summed E-state index contributed by atoms with van der Waals surface area (Å²) in [5, 5.41) is 0.764. The number of fused-ring (bicyclic) bond motifs is 5. The Balaban J connectivity index is 1.97. The topological polar surface area (TPSA) is 41.6 Å². The standard InChI is InChI=1S/C16H14ClN3/c17-12-5-6-14-11(8-12)7-10-3-1-2-4-13(10)15-16(18)19-9-20(14)15/h1-6,8-9,15-16H,7,18H2. The number of benzene rings is 2. The van der Waals surface area contributed by atoms with Crippen molar-refractivity contribution < 1.29 is 0 Å². The normalized spacial score (nSPS) is 23.0. The van der Waals surface area contributed by atoms with Gasteiger partial charge in [0.05, 0.1) is 12.4 Å². The number of rotatable bonds is 0. The molecule has 2 heterocycles. The van der Waals surface area contributed by atoms with Gasteiger partial charge in [0.2, 0.25) is 0 Å². The molecule has 3 nitrogen and oxygen atoms in total. The first-order valence-corrected chi connectivity index (χ1v) is 7.05. The molecule has 0 aliphatic carbocycles. The highest BCUT2D eigenvalue weighted by molar-refractivity contribution is 6.30. The third kappa shape index (κ3) is 1.67. The maximum absolute atomic E-state index is 6.20. The molecule has 2 unspecified atom stereocenters. The summed E-state index contributed by atoms with van der Waals surface area (Å²) in [7, 11) is 0. The number of halogens is 1. The fourth-order valence-corrected chi connectivity index (χ4v) is 3.34. The van der Waals surface area contributed by atoms with Crippen LogP contribution in [0.2, 0.25) is 5.02 Å². The van der Waals surface area contributed by atoms with Gasteiger partial charge in [0.1, 0.15) is 6.17 Å². The van der Waals surface area contributed by atoms with Gasteiger partial charge in [-0.3, -0.25) is 4.99 Å². The van der Waals surface area contributed by atoms with Gasteiger partial charge in [-0.15, -0.1) is 0 Å². The average Bonchev–Trinajstić information content (AvgIpc) is 2.75. The van der Waals surface area contributed by atoms with Crippen molar-refractivity contribution in [2.24, 2.45) is 10.7 Å². The van der Waals surface area contributed by atoms with Crippen molar-refractivity contribution in [1.29, 1.82) is 0 Å². The molecule has 0 saturated carbocycles. The van der Waals surface area contributed by atoms with Crippen LogP contribution in [0.5, 0.6) is 0 Å². The Morgan fingerprint density at radius 1 is 1.15 bits per heavy atom. The van der Waals surface area contributed by atoms with E-state index in [2.05, 4.69) is 40.2 Å². The van der Waals surface area contributed by atoms with Gasteiger partial charge in [0, 0.05) is 10.7 Å². The van der Waals surface area contributed by atoms with Crippen LogP contribution in [-0.2, 0) is 6.42 Å². The zero-order valence-corrected chi connectivity index (χ0v) is 11.6. The summed E-state index contributed by atoms with van der Waals surface area (Å²) in [5.41, 5.74) is 11.1. The highest BCUT2D eigenvalue weighted by Gasteiger charge is 2.35. The molecule has 2 N–H and O–H groups in total. The number of nitrogens with two attached hydrogens (primary N) is 1. The second kappa shape index (κ2) is 4.33. The predicted octanol–water partition coefficient (Wildman–Crippen LogP) is 3.12. The van der Waals surface area contributed by atoms with Gasteiger partial charge in [-0.2, -0.15) is 0 Å². The minimum Gasteiger partial charge on any atom is -0.321 e. The van der Waals surface area contributed by atoms with E-state index in [9.17, 15) is 0 Å². The Morgan fingerprint density at radius 3 is 2.90 bits per heavy atom. The monoisotopic (exact) mass is 283 g/mol. The third-order valence-corrected chi connectivity index (χ3v) is 4.30. The van der Waals surface area contributed by atoms with Crippen LogP contribution in [0.1, 0.15) is 22.7 Å². The largest absolute Gasteiger partial charge is 0.321 e. The molecule has 2 aliphatic heterocycles. The second-order valence-corrected chi connectivity index (χ2v) is 5.69. The van der Waals surface area contributed by atoms with Gasteiger partial charge in [0.25, 0.3) is 0 Å². The Kier molecular flexibility index (Phi) is 2.59. The lowest BCUT2D eigenvalue weighted by molar-refractivity contribution is 0.602. The smallest absolute Gasteiger partial charge is 0.124 e. The van der Waals surface area contributed by atoms with Gasteiger partial charge in [0.15, 0.2) is 0 Å². The van der Waals surface area contributed by atoms with E-state index >= 15 is 0 Å². The van der Waals surface area contributed by atoms with E-state index in [4.69, 9.17) is 17.3 Å². The van der Waals surface area contributed by atoms with Crippen molar-refractivity contribution in [3.8, 4) is 0 Å². The van der Waals surface area contributed by atoms with Crippen molar-refractivity contribution in [2.45, 2.75) is 18.6 Å². The molecule has 2 atom stereocenters. The molecule has 0 saturated heterocycles. The van der Waals surface area contributed by atoms with Crippen LogP contribution in [0.25, 0.3) is 0 Å².